The van der Waals surface area contributed by atoms with Crippen LogP contribution in [0.25, 0.3) is 0 Å². The molecule has 2 aliphatic heterocycles. The van der Waals surface area contributed by atoms with E-state index in [0.29, 0.717) is 6.10 Å². The first kappa shape index (κ1) is 17.8. The van der Waals surface area contributed by atoms with Gasteiger partial charge in [0.15, 0.2) is 0 Å². The van der Waals surface area contributed by atoms with Crippen LogP contribution in [0.2, 0.25) is 0 Å². The molecular weight excluding hydrogens is 330 g/mol. The summed E-state index contributed by atoms with van der Waals surface area (Å²) in [5.41, 5.74) is 0.725. The zero-order chi connectivity index (χ0) is 18.2. The van der Waals surface area contributed by atoms with Crippen LogP contribution in [0.5, 0.6) is 5.75 Å². The molecule has 5 heteroatoms. The normalized spacial score (nSPS) is 26.5. The van der Waals surface area contributed by atoms with Gasteiger partial charge >= 0.3 is 0 Å². The van der Waals surface area contributed by atoms with E-state index < -0.39 is 0 Å². The molecule has 4 rings (SSSR count). The highest BCUT2D eigenvalue weighted by atomic mass is 16.5. The Morgan fingerprint density at radius 2 is 1.81 bits per heavy atom. The fourth-order valence-corrected chi connectivity index (χ4v) is 4.61. The van der Waals surface area contributed by atoms with Crippen LogP contribution < -0.4 is 4.74 Å². The number of nitrogens with zero attached hydrogens (tertiary/aromatic N) is 1. The number of likely N-dealkylation sites (tertiary alicyclic amines) is 1. The molecule has 3 fully saturated rings. The van der Waals surface area contributed by atoms with Crippen LogP contribution in [0.15, 0.2) is 24.3 Å². The summed E-state index contributed by atoms with van der Waals surface area (Å²) in [7, 11) is 3.45. The van der Waals surface area contributed by atoms with Gasteiger partial charge in [-0.1, -0.05) is 12.1 Å². The Morgan fingerprint density at radius 3 is 2.38 bits per heavy atom. The third-order valence-electron chi connectivity index (χ3n) is 6.54. The first-order valence-corrected chi connectivity index (χ1v) is 9.71. The van der Waals surface area contributed by atoms with E-state index in [1.165, 1.54) is 0 Å². The highest BCUT2D eigenvalue weighted by Gasteiger charge is 2.54. The minimum Gasteiger partial charge on any atom is -0.497 e. The van der Waals surface area contributed by atoms with Crippen molar-refractivity contribution in [2.45, 2.75) is 55.6 Å². The Bertz CT molecular complexity index is 644. The van der Waals surface area contributed by atoms with Crippen LogP contribution in [0.3, 0.4) is 0 Å². The fraction of sp³-hybridized carbons (Fsp3) is 0.667. The van der Waals surface area contributed by atoms with E-state index in [0.717, 1.165) is 69.5 Å². The Labute approximate surface area is 155 Å². The van der Waals surface area contributed by atoms with Gasteiger partial charge in [-0.25, -0.2) is 0 Å². The number of carbonyl (C=O) groups excluding carboxylic acids is 1. The third kappa shape index (κ3) is 3.12. The molecule has 0 N–H and O–H groups in total. The maximum atomic E-state index is 13.3. The number of rotatable bonds is 4. The van der Waals surface area contributed by atoms with Crippen molar-refractivity contribution in [1.82, 2.24) is 4.90 Å². The van der Waals surface area contributed by atoms with Crippen LogP contribution >= 0.6 is 0 Å². The zero-order valence-electron chi connectivity index (χ0n) is 15.8. The quantitative estimate of drug-likeness (QED) is 0.829. The second-order valence-electron chi connectivity index (χ2n) is 7.98. The molecule has 1 amide bonds. The summed E-state index contributed by atoms with van der Waals surface area (Å²) in [6, 6.07) is 7.99. The van der Waals surface area contributed by atoms with Gasteiger partial charge in [0, 0.05) is 33.2 Å². The van der Waals surface area contributed by atoms with Crippen molar-refractivity contribution in [1.29, 1.82) is 0 Å². The molecule has 2 saturated heterocycles. The number of methoxy groups -OCH3 is 2. The van der Waals surface area contributed by atoms with Crippen molar-refractivity contribution in [2.75, 3.05) is 33.9 Å². The molecule has 3 aliphatic rings. The largest absolute Gasteiger partial charge is 0.497 e. The molecule has 1 aromatic carbocycles. The molecule has 1 atom stereocenters. The van der Waals surface area contributed by atoms with Gasteiger partial charge in [0.2, 0.25) is 5.91 Å². The number of amides is 1. The van der Waals surface area contributed by atoms with Gasteiger partial charge in [-0.05, 0) is 49.8 Å². The molecule has 1 unspecified atom stereocenters. The van der Waals surface area contributed by atoms with Gasteiger partial charge in [-0.2, -0.15) is 0 Å². The third-order valence-corrected chi connectivity index (χ3v) is 6.54. The molecule has 26 heavy (non-hydrogen) atoms. The van der Waals surface area contributed by atoms with Crippen molar-refractivity contribution < 1.29 is 19.0 Å². The Kier molecular flexibility index (Phi) is 4.70. The number of hydrogen-bond acceptors (Lipinski definition) is 4. The minimum absolute atomic E-state index is 0.0907. The number of carbonyl (C=O) groups is 1. The van der Waals surface area contributed by atoms with E-state index in [-0.39, 0.29) is 16.9 Å². The SMILES string of the molecule is COc1ccc(C2(C(=O)N3CCC4(CC3)CC(OC)CCO4)CC2)cc1. The lowest BCUT2D eigenvalue weighted by Crippen LogP contribution is -2.53. The number of benzene rings is 1. The van der Waals surface area contributed by atoms with Crippen molar-refractivity contribution in [3.63, 3.8) is 0 Å². The topological polar surface area (TPSA) is 48.0 Å². The van der Waals surface area contributed by atoms with Gasteiger partial charge in [-0.3, -0.25) is 4.79 Å². The summed E-state index contributed by atoms with van der Waals surface area (Å²) in [6.45, 7) is 2.34. The lowest BCUT2D eigenvalue weighted by molar-refractivity contribution is -0.158. The molecule has 142 valence electrons. The Balaban J connectivity index is 1.42. The Hall–Kier alpha value is -1.59. The standard InChI is InChI=1S/C21H29NO4/c1-24-17-5-3-16(4-6-17)21(8-9-21)19(23)22-12-10-20(11-13-22)15-18(25-2)7-14-26-20/h3-6,18H,7-15H2,1-2H3. The first-order valence-electron chi connectivity index (χ1n) is 9.71. The van der Waals surface area contributed by atoms with Gasteiger partial charge in [0.05, 0.1) is 24.2 Å². The van der Waals surface area contributed by atoms with Crippen LogP contribution in [-0.2, 0) is 19.7 Å². The number of ether oxygens (including phenoxy) is 3. The monoisotopic (exact) mass is 359 g/mol. The van der Waals surface area contributed by atoms with Gasteiger partial charge in [-0.15, -0.1) is 0 Å². The second kappa shape index (κ2) is 6.86. The molecule has 0 radical (unpaired) electrons. The molecule has 1 saturated carbocycles. The molecule has 2 heterocycles. The van der Waals surface area contributed by atoms with Crippen LogP contribution in [0, 0.1) is 0 Å². The molecule has 1 aromatic rings. The van der Waals surface area contributed by atoms with Gasteiger partial charge in [0.1, 0.15) is 5.75 Å². The highest BCUT2D eigenvalue weighted by molar-refractivity contribution is 5.91. The number of piperidine rings is 1. The minimum atomic E-state index is -0.306. The summed E-state index contributed by atoms with van der Waals surface area (Å²) in [4.78, 5) is 15.3. The van der Waals surface area contributed by atoms with E-state index >= 15 is 0 Å². The maximum Gasteiger partial charge on any atom is 0.233 e. The maximum absolute atomic E-state index is 13.3. The predicted octanol–water partition coefficient (Wildman–Crippen LogP) is 2.91. The Morgan fingerprint density at radius 1 is 1.12 bits per heavy atom. The summed E-state index contributed by atoms with van der Waals surface area (Å²) in [5, 5.41) is 0. The molecule has 0 bridgehead atoms. The van der Waals surface area contributed by atoms with E-state index in [2.05, 4.69) is 4.90 Å². The number of hydrogen-bond donors (Lipinski definition) is 0. The van der Waals surface area contributed by atoms with Gasteiger partial charge < -0.3 is 19.1 Å². The van der Waals surface area contributed by atoms with Crippen LogP contribution in [0.1, 0.15) is 44.1 Å². The van der Waals surface area contributed by atoms with Crippen molar-refractivity contribution in [2.24, 2.45) is 0 Å². The summed E-state index contributed by atoms with van der Waals surface area (Å²) in [6.07, 6.45) is 5.94. The van der Waals surface area contributed by atoms with Crippen LogP contribution in [0.4, 0.5) is 0 Å². The van der Waals surface area contributed by atoms with Crippen molar-refractivity contribution in [3.8, 4) is 5.75 Å². The van der Waals surface area contributed by atoms with Crippen molar-refractivity contribution in [3.05, 3.63) is 29.8 Å². The smallest absolute Gasteiger partial charge is 0.233 e. The van der Waals surface area contributed by atoms with E-state index in [1.807, 2.05) is 24.3 Å². The fourth-order valence-electron chi connectivity index (χ4n) is 4.61. The van der Waals surface area contributed by atoms with Gasteiger partial charge in [0.25, 0.3) is 0 Å². The molecule has 1 aliphatic carbocycles. The summed E-state index contributed by atoms with van der Waals surface area (Å²) < 4.78 is 17.0. The first-order chi connectivity index (χ1) is 12.6. The summed E-state index contributed by atoms with van der Waals surface area (Å²) >= 11 is 0. The van der Waals surface area contributed by atoms with Crippen molar-refractivity contribution >= 4 is 5.91 Å². The van der Waals surface area contributed by atoms with E-state index in [4.69, 9.17) is 14.2 Å². The van der Waals surface area contributed by atoms with E-state index in [9.17, 15) is 4.79 Å². The average molecular weight is 359 g/mol. The molecule has 0 aromatic heterocycles. The lowest BCUT2D eigenvalue weighted by Gasteiger charge is -2.46. The highest BCUT2D eigenvalue weighted by Crippen LogP contribution is 2.50. The predicted molar refractivity (Wildman–Crippen MR) is 98.4 cm³/mol. The van der Waals surface area contributed by atoms with Crippen LogP contribution in [-0.4, -0.2) is 56.4 Å². The summed E-state index contributed by atoms with van der Waals surface area (Å²) in [5.74, 6) is 1.12. The van der Waals surface area contributed by atoms with E-state index in [1.54, 1.807) is 14.2 Å². The lowest BCUT2D eigenvalue weighted by atomic mass is 9.82. The molecule has 1 spiro atoms. The average Bonchev–Trinajstić information content (AvgIpc) is 3.50. The molecule has 5 nitrogen and oxygen atoms in total. The second-order valence-corrected chi connectivity index (χ2v) is 7.98. The zero-order valence-corrected chi connectivity index (χ0v) is 15.8. The molecular formula is C21H29NO4.